The highest BCUT2D eigenvalue weighted by Crippen LogP contribution is 2.28. The van der Waals surface area contributed by atoms with Crippen molar-refractivity contribution in [3.63, 3.8) is 0 Å². The van der Waals surface area contributed by atoms with Crippen LogP contribution in [0.5, 0.6) is 0 Å². The van der Waals surface area contributed by atoms with Crippen molar-refractivity contribution in [3.8, 4) is 0 Å². The van der Waals surface area contributed by atoms with Gasteiger partial charge in [-0.3, -0.25) is 19.7 Å². The van der Waals surface area contributed by atoms with Crippen LogP contribution in [0, 0.1) is 0 Å². The molecular weight excluding hydrogens is 404 g/mol. The number of rotatable bonds is 9. The second kappa shape index (κ2) is 10.8. The standard InChI is InChI=1S/C23H31F2N3O3/c24-23(25)12-15-28(16-13-23)14-4-2-1-3-5-20(29)26-18-8-6-17(7-9-18)19-10-11-21(30)27-22(19)31/h6-9,19H,1-5,10-16H2,(H,26,29)(H,27,30,31). The summed E-state index contributed by atoms with van der Waals surface area (Å²) in [6.07, 6.45) is 4.87. The maximum absolute atomic E-state index is 13.1. The fourth-order valence-corrected chi connectivity index (χ4v) is 4.11. The van der Waals surface area contributed by atoms with Gasteiger partial charge in [0, 0.05) is 44.5 Å². The minimum atomic E-state index is -2.49. The number of imide groups is 1. The van der Waals surface area contributed by atoms with E-state index in [0.29, 0.717) is 38.0 Å². The van der Waals surface area contributed by atoms with E-state index in [1.165, 1.54) is 0 Å². The lowest BCUT2D eigenvalue weighted by Gasteiger charge is -2.31. The molecule has 2 saturated heterocycles. The van der Waals surface area contributed by atoms with Crippen molar-refractivity contribution in [1.29, 1.82) is 0 Å². The monoisotopic (exact) mass is 435 g/mol. The van der Waals surface area contributed by atoms with E-state index in [1.807, 2.05) is 12.1 Å². The van der Waals surface area contributed by atoms with Crippen LogP contribution in [0.15, 0.2) is 24.3 Å². The molecule has 3 rings (SSSR count). The zero-order chi connectivity index (χ0) is 22.3. The molecule has 2 heterocycles. The summed E-state index contributed by atoms with van der Waals surface area (Å²) in [5.41, 5.74) is 1.52. The number of hydrogen-bond donors (Lipinski definition) is 2. The average molecular weight is 436 g/mol. The van der Waals surface area contributed by atoms with E-state index in [1.54, 1.807) is 12.1 Å². The average Bonchev–Trinajstić information content (AvgIpc) is 2.72. The quantitative estimate of drug-likeness (QED) is 0.457. The van der Waals surface area contributed by atoms with Crippen LogP contribution in [0.4, 0.5) is 14.5 Å². The Labute approximate surface area is 181 Å². The largest absolute Gasteiger partial charge is 0.326 e. The summed E-state index contributed by atoms with van der Waals surface area (Å²) in [6.45, 7) is 1.79. The SMILES string of the molecule is O=C1CCC(c2ccc(NC(=O)CCCCCCN3CCC(F)(F)CC3)cc2)C(=O)N1. The third-order valence-corrected chi connectivity index (χ3v) is 6.05. The maximum atomic E-state index is 13.1. The Morgan fingerprint density at radius 2 is 1.74 bits per heavy atom. The smallest absolute Gasteiger partial charge is 0.250 e. The summed E-state index contributed by atoms with van der Waals surface area (Å²) in [5.74, 6) is -3.38. The van der Waals surface area contributed by atoms with Crippen molar-refractivity contribution in [1.82, 2.24) is 10.2 Å². The van der Waals surface area contributed by atoms with Crippen molar-refractivity contribution < 1.29 is 23.2 Å². The van der Waals surface area contributed by atoms with E-state index in [-0.39, 0.29) is 36.5 Å². The number of alkyl halides is 2. The molecule has 170 valence electrons. The Balaban J connectivity index is 1.28. The number of benzene rings is 1. The first kappa shape index (κ1) is 23.3. The summed E-state index contributed by atoms with van der Waals surface area (Å²) in [4.78, 5) is 37.4. The van der Waals surface area contributed by atoms with Crippen molar-refractivity contribution in [2.45, 2.75) is 69.6 Å². The normalized spacial score (nSPS) is 21.5. The molecule has 2 N–H and O–H groups in total. The number of likely N-dealkylation sites (tertiary alicyclic amines) is 1. The molecule has 0 spiro atoms. The van der Waals surface area contributed by atoms with Gasteiger partial charge in [0.05, 0.1) is 5.92 Å². The highest BCUT2D eigenvalue weighted by Gasteiger charge is 2.33. The van der Waals surface area contributed by atoms with Crippen LogP contribution in [-0.4, -0.2) is 48.2 Å². The van der Waals surface area contributed by atoms with Gasteiger partial charge in [-0.05, 0) is 43.5 Å². The number of unbranched alkanes of at least 4 members (excludes halogenated alkanes) is 3. The third-order valence-electron chi connectivity index (χ3n) is 6.05. The molecule has 1 unspecified atom stereocenters. The van der Waals surface area contributed by atoms with E-state index >= 15 is 0 Å². The topological polar surface area (TPSA) is 78.5 Å². The molecule has 0 aromatic heterocycles. The Bertz CT molecular complexity index is 773. The van der Waals surface area contributed by atoms with Gasteiger partial charge in [-0.1, -0.05) is 25.0 Å². The van der Waals surface area contributed by atoms with Crippen molar-refractivity contribution in [2.24, 2.45) is 0 Å². The Hall–Kier alpha value is -2.35. The van der Waals surface area contributed by atoms with Gasteiger partial charge in [0.2, 0.25) is 17.7 Å². The fourth-order valence-electron chi connectivity index (χ4n) is 4.11. The van der Waals surface area contributed by atoms with Crippen LogP contribution in [-0.2, 0) is 14.4 Å². The molecule has 0 bridgehead atoms. The second-order valence-electron chi connectivity index (χ2n) is 8.54. The molecule has 8 heteroatoms. The lowest BCUT2D eigenvalue weighted by Crippen LogP contribution is -2.39. The van der Waals surface area contributed by atoms with Gasteiger partial charge in [0.1, 0.15) is 0 Å². The lowest BCUT2D eigenvalue weighted by molar-refractivity contribution is -0.134. The van der Waals surface area contributed by atoms with Crippen molar-refractivity contribution in [3.05, 3.63) is 29.8 Å². The molecule has 2 fully saturated rings. The maximum Gasteiger partial charge on any atom is 0.250 e. The van der Waals surface area contributed by atoms with Crippen LogP contribution in [0.3, 0.4) is 0 Å². The number of hydrogen-bond acceptors (Lipinski definition) is 4. The first-order chi connectivity index (χ1) is 14.8. The number of carbonyl (C=O) groups excluding carboxylic acids is 3. The molecule has 6 nitrogen and oxygen atoms in total. The summed E-state index contributed by atoms with van der Waals surface area (Å²) in [6, 6.07) is 7.18. The van der Waals surface area contributed by atoms with Crippen molar-refractivity contribution in [2.75, 3.05) is 25.0 Å². The molecule has 0 radical (unpaired) electrons. The fraction of sp³-hybridized carbons (Fsp3) is 0.609. The third kappa shape index (κ3) is 7.38. The minimum Gasteiger partial charge on any atom is -0.326 e. The van der Waals surface area contributed by atoms with Gasteiger partial charge in [-0.25, -0.2) is 8.78 Å². The lowest BCUT2D eigenvalue weighted by atomic mass is 9.90. The number of amides is 3. The van der Waals surface area contributed by atoms with Gasteiger partial charge in [-0.2, -0.15) is 0 Å². The predicted molar refractivity (Wildman–Crippen MR) is 114 cm³/mol. The van der Waals surface area contributed by atoms with Crippen molar-refractivity contribution >= 4 is 23.4 Å². The number of nitrogens with zero attached hydrogens (tertiary/aromatic N) is 1. The van der Waals surface area contributed by atoms with E-state index in [9.17, 15) is 23.2 Å². The summed E-state index contributed by atoms with van der Waals surface area (Å²) < 4.78 is 26.3. The highest BCUT2D eigenvalue weighted by molar-refractivity contribution is 6.01. The number of halogens is 2. The molecule has 3 amide bonds. The molecule has 0 aliphatic carbocycles. The number of carbonyl (C=O) groups is 3. The molecule has 1 atom stereocenters. The van der Waals surface area contributed by atoms with Crippen LogP contribution in [0.2, 0.25) is 0 Å². The van der Waals surface area contributed by atoms with E-state index in [0.717, 1.165) is 37.8 Å². The van der Waals surface area contributed by atoms with Crippen LogP contribution >= 0.6 is 0 Å². The van der Waals surface area contributed by atoms with Gasteiger partial charge in [0.15, 0.2) is 0 Å². The Morgan fingerprint density at radius 3 is 2.42 bits per heavy atom. The number of anilines is 1. The summed E-state index contributed by atoms with van der Waals surface area (Å²) in [5, 5.41) is 5.22. The number of piperidine rings is 2. The van der Waals surface area contributed by atoms with Crippen LogP contribution < -0.4 is 10.6 Å². The highest BCUT2D eigenvalue weighted by atomic mass is 19.3. The van der Waals surface area contributed by atoms with Gasteiger partial charge >= 0.3 is 0 Å². The van der Waals surface area contributed by atoms with E-state index < -0.39 is 5.92 Å². The zero-order valence-electron chi connectivity index (χ0n) is 17.8. The van der Waals surface area contributed by atoms with Gasteiger partial charge in [0.25, 0.3) is 5.92 Å². The van der Waals surface area contributed by atoms with Gasteiger partial charge in [-0.15, -0.1) is 0 Å². The molecule has 31 heavy (non-hydrogen) atoms. The molecule has 1 aromatic carbocycles. The Morgan fingerprint density at radius 1 is 1.06 bits per heavy atom. The first-order valence-corrected chi connectivity index (χ1v) is 11.2. The first-order valence-electron chi connectivity index (χ1n) is 11.2. The summed E-state index contributed by atoms with van der Waals surface area (Å²) >= 11 is 0. The van der Waals surface area contributed by atoms with E-state index in [2.05, 4.69) is 15.5 Å². The molecule has 1 aromatic rings. The number of nitrogens with one attached hydrogen (secondary N) is 2. The molecular formula is C23H31F2N3O3. The Kier molecular flexibility index (Phi) is 8.12. The van der Waals surface area contributed by atoms with E-state index in [4.69, 9.17) is 0 Å². The minimum absolute atomic E-state index is 0.0400. The van der Waals surface area contributed by atoms with Crippen LogP contribution in [0.1, 0.15) is 69.3 Å². The predicted octanol–water partition coefficient (Wildman–Crippen LogP) is 3.83. The van der Waals surface area contributed by atoms with Gasteiger partial charge < -0.3 is 10.2 Å². The van der Waals surface area contributed by atoms with Crippen LogP contribution in [0.25, 0.3) is 0 Å². The molecule has 2 aliphatic heterocycles. The molecule has 0 saturated carbocycles. The molecule has 2 aliphatic rings. The summed E-state index contributed by atoms with van der Waals surface area (Å²) in [7, 11) is 0. The second-order valence-corrected chi connectivity index (χ2v) is 8.54. The zero-order valence-corrected chi connectivity index (χ0v) is 17.8.